The minimum Gasteiger partial charge on any atom is -0.467 e. The molecule has 5 nitrogen and oxygen atoms in total. The molecule has 0 fully saturated rings. The Balaban J connectivity index is 1.67. The molecule has 1 aliphatic rings. The zero-order valence-electron chi connectivity index (χ0n) is 16.2. The van der Waals surface area contributed by atoms with Gasteiger partial charge in [-0.25, -0.2) is 13.1 Å². The van der Waals surface area contributed by atoms with E-state index in [0.29, 0.717) is 6.61 Å². The van der Waals surface area contributed by atoms with Crippen LogP contribution in [0.1, 0.15) is 28.2 Å². The van der Waals surface area contributed by atoms with E-state index in [2.05, 4.69) is 4.72 Å². The Morgan fingerprint density at radius 1 is 0.966 bits per heavy atom. The van der Waals surface area contributed by atoms with Crippen LogP contribution in [0.25, 0.3) is 0 Å². The lowest BCUT2D eigenvalue weighted by atomic mass is 9.88. The normalized spacial score (nSPS) is 14.7. The lowest BCUT2D eigenvalue weighted by molar-refractivity contribution is -0.0169. The Kier molecular flexibility index (Phi) is 5.67. The Labute approximate surface area is 171 Å². The summed E-state index contributed by atoms with van der Waals surface area (Å²) >= 11 is 0. The number of fused-ring (bicyclic) bond motifs is 1. The van der Waals surface area contributed by atoms with Crippen molar-refractivity contribution >= 4 is 10.0 Å². The Bertz CT molecular complexity index is 1080. The van der Waals surface area contributed by atoms with Gasteiger partial charge < -0.3 is 9.47 Å². The molecular weight excluding hydrogens is 386 g/mol. The molecule has 0 spiro atoms. The molecule has 150 valence electrons. The van der Waals surface area contributed by atoms with E-state index in [4.69, 9.17) is 9.47 Å². The number of ether oxygens (including phenoxy) is 2. The number of aryl methyl sites for hydroxylation is 1. The summed E-state index contributed by atoms with van der Waals surface area (Å²) in [5.41, 5.74) is 4.00. The van der Waals surface area contributed by atoms with Crippen LogP contribution in [0, 0.1) is 6.92 Å². The van der Waals surface area contributed by atoms with Gasteiger partial charge in [-0.1, -0.05) is 60.2 Å². The Morgan fingerprint density at radius 2 is 1.72 bits per heavy atom. The van der Waals surface area contributed by atoms with E-state index < -0.39 is 10.0 Å². The minimum absolute atomic E-state index is 0.170. The third kappa shape index (κ3) is 4.34. The monoisotopic (exact) mass is 409 g/mol. The Morgan fingerprint density at radius 3 is 2.48 bits per heavy atom. The molecule has 1 heterocycles. The summed E-state index contributed by atoms with van der Waals surface area (Å²) in [7, 11) is -3.62. The second kappa shape index (κ2) is 8.37. The number of hydrogen-bond donors (Lipinski definition) is 1. The molecular formula is C23H23NO4S. The molecule has 1 aliphatic heterocycles. The third-order valence-electron chi connectivity index (χ3n) is 5.10. The average molecular weight is 410 g/mol. The molecule has 0 amide bonds. The van der Waals surface area contributed by atoms with E-state index in [9.17, 15) is 8.42 Å². The first kappa shape index (κ1) is 19.6. The van der Waals surface area contributed by atoms with Crippen LogP contribution in [0.5, 0.6) is 5.75 Å². The summed E-state index contributed by atoms with van der Waals surface area (Å²) < 4.78 is 39.6. The fourth-order valence-electron chi connectivity index (χ4n) is 3.53. The van der Waals surface area contributed by atoms with E-state index in [-0.39, 0.29) is 24.2 Å². The summed E-state index contributed by atoms with van der Waals surface area (Å²) in [4.78, 5) is 0.261. The van der Waals surface area contributed by atoms with Crippen LogP contribution in [0.3, 0.4) is 0 Å². The lowest BCUT2D eigenvalue weighted by Gasteiger charge is -2.26. The molecule has 0 aromatic heterocycles. The van der Waals surface area contributed by atoms with Crippen molar-refractivity contribution in [3.63, 3.8) is 0 Å². The molecule has 0 radical (unpaired) electrons. The molecule has 0 bridgehead atoms. The largest absolute Gasteiger partial charge is 0.467 e. The first-order valence-corrected chi connectivity index (χ1v) is 11.0. The molecule has 1 N–H and O–H groups in total. The van der Waals surface area contributed by atoms with Gasteiger partial charge in [0.25, 0.3) is 0 Å². The molecule has 3 aromatic carbocycles. The smallest absolute Gasteiger partial charge is 0.240 e. The molecule has 0 saturated carbocycles. The van der Waals surface area contributed by atoms with Crippen molar-refractivity contribution < 1.29 is 17.9 Å². The van der Waals surface area contributed by atoms with E-state index in [1.807, 2.05) is 55.5 Å². The van der Waals surface area contributed by atoms with Crippen molar-refractivity contribution in [2.24, 2.45) is 0 Å². The molecule has 1 unspecified atom stereocenters. The predicted octanol–water partition coefficient (Wildman–Crippen LogP) is 3.97. The maximum Gasteiger partial charge on any atom is 0.240 e. The molecule has 0 aliphatic carbocycles. The van der Waals surface area contributed by atoms with Gasteiger partial charge in [0, 0.05) is 18.0 Å². The second-order valence-electron chi connectivity index (χ2n) is 7.06. The van der Waals surface area contributed by atoms with Gasteiger partial charge in [-0.3, -0.25) is 0 Å². The topological polar surface area (TPSA) is 64.6 Å². The lowest BCUT2D eigenvalue weighted by Crippen LogP contribution is -2.30. The van der Waals surface area contributed by atoms with E-state index in [0.717, 1.165) is 28.0 Å². The van der Waals surface area contributed by atoms with Crippen molar-refractivity contribution in [2.75, 3.05) is 13.3 Å². The van der Waals surface area contributed by atoms with E-state index in [1.165, 1.54) is 0 Å². The summed E-state index contributed by atoms with van der Waals surface area (Å²) in [6.45, 7) is 2.83. The second-order valence-corrected chi connectivity index (χ2v) is 8.83. The van der Waals surface area contributed by atoms with Crippen LogP contribution in [0.2, 0.25) is 0 Å². The SMILES string of the molecule is Cc1ccc(S(=O)(=O)NCC(c2ccccc2)c2cccc3c2COCO3)cc1. The molecule has 6 heteroatoms. The van der Waals surface area contributed by atoms with Gasteiger partial charge in [0.05, 0.1) is 11.5 Å². The van der Waals surface area contributed by atoms with Crippen molar-refractivity contribution in [1.29, 1.82) is 0 Å². The molecule has 3 aromatic rings. The van der Waals surface area contributed by atoms with Crippen LogP contribution in [0.4, 0.5) is 0 Å². The quantitative estimate of drug-likeness (QED) is 0.669. The standard InChI is InChI=1S/C23H23NO4S/c1-17-10-12-19(13-11-17)29(25,26)24-14-21(18-6-3-2-4-7-18)20-8-5-9-23-22(20)15-27-16-28-23/h2-13,21,24H,14-16H2,1H3. The van der Waals surface area contributed by atoms with E-state index in [1.54, 1.807) is 24.3 Å². The molecule has 4 rings (SSSR count). The van der Waals surface area contributed by atoms with Gasteiger partial charge in [0.15, 0.2) is 6.79 Å². The van der Waals surface area contributed by atoms with Crippen LogP contribution in [-0.2, 0) is 21.4 Å². The highest BCUT2D eigenvalue weighted by atomic mass is 32.2. The zero-order chi connectivity index (χ0) is 20.3. The van der Waals surface area contributed by atoms with Crippen LogP contribution in [-0.4, -0.2) is 21.8 Å². The van der Waals surface area contributed by atoms with Crippen LogP contribution in [0.15, 0.2) is 77.7 Å². The average Bonchev–Trinajstić information content (AvgIpc) is 2.75. The highest BCUT2D eigenvalue weighted by molar-refractivity contribution is 7.89. The summed E-state index contributed by atoms with van der Waals surface area (Å²) in [5.74, 6) is 0.618. The van der Waals surface area contributed by atoms with Gasteiger partial charge in [-0.05, 0) is 36.2 Å². The molecule has 1 atom stereocenters. The number of benzene rings is 3. The highest BCUT2D eigenvalue weighted by Gasteiger charge is 2.24. The van der Waals surface area contributed by atoms with Gasteiger partial charge in [-0.2, -0.15) is 0 Å². The molecule has 0 saturated heterocycles. The van der Waals surface area contributed by atoms with Crippen molar-refractivity contribution in [1.82, 2.24) is 4.72 Å². The zero-order valence-corrected chi connectivity index (χ0v) is 17.0. The van der Waals surface area contributed by atoms with E-state index >= 15 is 0 Å². The number of sulfonamides is 1. The predicted molar refractivity (Wildman–Crippen MR) is 111 cm³/mol. The summed E-state index contributed by atoms with van der Waals surface area (Å²) in [5, 5.41) is 0. The molecule has 29 heavy (non-hydrogen) atoms. The summed E-state index contributed by atoms with van der Waals surface area (Å²) in [6.07, 6.45) is 0. The van der Waals surface area contributed by atoms with Gasteiger partial charge in [-0.15, -0.1) is 0 Å². The fourth-order valence-corrected chi connectivity index (χ4v) is 4.58. The number of nitrogens with one attached hydrogen (secondary N) is 1. The minimum atomic E-state index is -3.62. The fraction of sp³-hybridized carbons (Fsp3) is 0.217. The summed E-state index contributed by atoms with van der Waals surface area (Å²) in [6, 6.07) is 22.6. The van der Waals surface area contributed by atoms with Gasteiger partial charge in [0.1, 0.15) is 5.75 Å². The Hall–Kier alpha value is -2.67. The number of rotatable bonds is 6. The van der Waals surface area contributed by atoms with Crippen molar-refractivity contribution in [3.8, 4) is 5.75 Å². The number of hydrogen-bond acceptors (Lipinski definition) is 4. The maximum absolute atomic E-state index is 12.8. The maximum atomic E-state index is 12.8. The third-order valence-corrected chi connectivity index (χ3v) is 6.54. The van der Waals surface area contributed by atoms with Gasteiger partial charge >= 0.3 is 0 Å². The highest BCUT2D eigenvalue weighted by Crippen LogP contribution is 2.34. The van der Waals surface area contributed by atoms with Crippen molar-refractivity contribution in [2.45, 2.75) is 24.3 Å². The van der Waals surface area contributed by atoms with Gasteiger partial charge in [0.2, 0.25) is 10.0 Å². The van der Waals surface area contributed by atoms with Crippen molar-refractivity contribution in [3.05, 3.63) is 95.1 Å². The van der Waals surface area contributed by atoms with Crippen LogP contribution < -0.4 is 9.46 Å². The van der Waals surface area contributed by atoms with Crippen LogP contribution >= 0.6 is 0 Å². The first-order valence-electron chi connectivity index (χ1n) is 9.48. The first-order chi connectivity index (χ1) is 14.0.